The molecular weight excluding hydrogens is 1210 g/mol. The second kappa shape index (κ2) is 20.4. The zero-order chi connectivity index (χ0) is 68.4. The molecule has 4 N–H and O–H groups in total. The first kappa shape index (κ1) is 60.9. The Labute approximate surface area is 567 Å². The Morgan fingerprint density at radius 1 is 0.173 bits per heavy atom. The van der Waals surface area contributed by atoms with E-state index in [1.54, 1.807) is 0 Å². The van der Waals surface area contributed by atoms with Gasteiger partial charge in [-0.2, -0.15) is 0 Å². The number of nitrogens with one attached hydrogen (secondary N) is 4. The highest BCUT2D eigenvalue weighted by atomic mass is 15.1. The molecule has 98 heavy (non-hydrogen) atoms. The third-order valence-corrected chi connectivity index (χ3v) is 20.0. The normalized spacial score (nSPS) is 13.4. The van der Waals surface area contributed by atoms with Crippen LogP contribution >= 0.6 is 0 Å². The van der Waals surface area contributed by atoms with Crippen LogP contribution in [-0.4, -0.2) is 79.7 Å². The first-order valence-corrected chi connectivity index (χ1v) is 33.9. The molecule has 13 aromatic rings. The van der Waals surface area contributed by atoms with Gasteiger partial charge in [-0.1, -0.05) is 197 Å². The lowest BCUT2D eigenvalue weighted by atomic mass is 9.85. The molecule has 0 atom stereocenters. The Bertz CT molecular complexity index is 5700. The van der Waals surface area contributed by atoms with Crippen molar-refractivity contribution in [3.05, 3.63) is 155 Å². The molecule has 0 fully saturated rings. The van der Waals surface area contributed by atoms with Crippen LogP contribution in [0, 0.1) is 0 Å². The maximum Gasteiger partial charge on any atom is 0.164 e. The summed E-state index contributed by atoms with van der Waals surface area (Å²) in [6, 6.07) is 43.5. The summed E-state index contributed by atoms with van der Waals surface area (Å²) >= 11 is 0. The average Bonchev–Trinajstić information content (AvgIpc) is 1.62. The number of benzene rings is 7. The maximum atomic E-state index is 5.63. The fourth-order valence-corrected chi connectivity index (χ4v) is 13.9. The zero-order valence-corrected chi connectivity index (χ0v) is 58.9. The summed E-state index contributed by atoms with van der Waals surface area (Å²) in [5.41, 5.74) is 17.5. The molecule has 16 nitrogen and oxygen atoms in total. The van der Waals surface area contributed by atoms with E-state index in [2.05, 4.69) is 266 Å². The smallest absolute Gasteiger partial charge is 0.164 e. The topological polar surface area (TPSA) is 218 Å². The Balaban J connectivity index is 1.03. The van der Waals surface area contributed by atoms with Crippen LogP contribution in [0.5, 0.6) is 0 Å². The third kappa shape index (κ3) is 9.90. The number of aromatic amines is 4. The van der Waals surface area contributed by atoms with E-state index < -0.39 is 0 Å². The SMILES string of the molecule is CC(C)(C)c1ccc2c(c1)-c1nc-2nc2[nH]c(nc3nc(nc4[nH]c(n1)c1ccc(C(C)(C)C)cc41)-c1ccc(C(C)(C)C)cc1-3)c1cc3c4nc5nc(nc6[nH]c(nc7nc(nc([nH]4)c3cc21)-c1ccc(C(C)(C)C)cc1-7)c1ccc(C(C)(C)C)cc61)-c1ccc(C(C)(C)C)cc1-5. The van der Waals surface area contributed by atoms with Crippen molar-refractivity contribution in [2.45, 2.75) is 157 Å². The van der Waals surface area contributed by atoms with Crippen molar-refractivity contribution in [2.24, 2.45) is 0 Å². The lowest BCUT2D eigenvalue weighted by Crippen LogP contribution is -2.10. The summed E-state index contributed by atoms with van der Waals surface area (Å²) in [6.07, 6.45) is 0. The summed E-state index contributed by atoms with van der Waals surface area (Å²) in [4.78, 5) is 80.9. The van der Waals surface area contributed by atoms with Crippen molar-refractivity contribution >= 4 is 88.3 Å². The molecule has 4 aliphatic rings. The molecule has 16 heteroatoms. The Hall–Kier alpha value is -10.7. The van der Waals surface area contributed by atoms with Crippen LogP contribution in [0.4, 0.5) is 0 Å². The fraction of sp³-hybridized carbons (Fsp3) is 0.293. The van der Waals surface area contributed by atoms with Gasteiger partial charge in [-0.05, 0) is 114 Å². The predicted octanol–water partition coefficient (Wildman–Crippen LogP) is 19.8. The van der Waals surface area contributed by atoms with Gasteiger partial charge in [0.15, 0.2) is 46.6 Å². The summed E-state index contributed by atoms with van der Waals surface area (Å²) < 4.78 is 0. The van der Waals surface area contributed by atoms with Crippen LogP contribution in [0.3, 0.4) is 0 Å². The van der Waals surface area contributed by atoms with E-state index in [4.69, 9.17) is 59.8 Å². The zero-order valence-electron chi connectivity index (χ0n) is 58.9. The largest absolute Gasteiger partial charge is 0.324 e. The highest BCUT2D eigenvalue weighted by Gasteiger charge is 2.31. The Morgan fingerprint density at radius 2 is 0.347 bits per heavy atom. The molecule has 0 radical (unpaired) electrons. The van der Waals surface area contributed by atoms with Crippen molar-refractivity contribution < 1.29 is 0 Å². The molecule has 0 amide bonds. The number of aromatic nitrogens is 16. The number of hydrogen-bond acceptors (Lipinski definition) is 12. The van der Waals surface area contributed by atoms with Crippen LogP contribution in [0.1, 0.15) is 158 Å². The van der Waals surface area contributed by atoms with Gasteiger partial charge in [0.1, 0.15) is 45.2 Å². The van der Waals surface area contributed by atoms with E-state index >= 15 is 0 Å². The maximum absolute atomic E-state index is 5.63. The molecule has 0 saturated heterocycles. The quantitative estimate of drug-likeness (QED) is 0.111. The van der Waals surface area contributed by atoms with E-state index in [1.165, 1.54) is 11.1 Å². The van der Waals surface area contributed by atoms with Crippen molar-refractivity contribution in [1.82, 2.24) is 79.7 Å². The summed E-state index contributed by atoms with van der Waals surface area (Å²) in [5.74, 6) is 4.13. The average molecular weight is 1290 g/mol. The standard InChI is InChI=1S/C82H78N16/c1-77(2,3)39-19-25-45-51(31-39)67-83-61(45)85-69-53-33-41(79(7,8)9)21-27-47(53)65(89-69)93-73-57-37-58-60(38-59(57)75(97-73)95-71-55-35-43(81(13,14)15)23-29-49(55)63(87-67)91-71)76-96-72-56-36-44(82(16,17)18)24-30-50(56)64(92-72)88-68-52-32-40(78(4,5)6)20-26-46(52)62(84-68)86-70-54-34-42(80(10,11)12)22-28-48(54)66(90-70)94-74(58)98-76/h19-38H,1-18H3,(H2,83,85,87,89,91,93,95,97)(H2,84,86,88,90,92,94,96,98). The molecule has 486 valence electrons. The molecule has 7 aromatic carbocycles. The molecule has 0 aliphatic carbocycles. The number of H-pyrrole nitrogens is 4. The van der Waals surface area contributed by atoms with Crippen LogP contribution < -0.4 is 0 Å². The monoisotopic (exact) mass is 1290 g/mol. The van der Waals surface area contributed by atoms with Gasteiger partial charge in [-0.25, -0.2) is 59.8 Å². The summed E-state index contributed by atoms with van der Waals surface area (Å²) in [6.45, 7) is 40.1. The minimum absolute atomic E-state index is 0.141. The highest BCUT2D eigenvalue weighted by Crippen LogP contribution is 2.45. The first-order valence-electron chi connectivity index (χ1n) is 33.9. The summed E-state index contributed by atoms with van der Waals surface area (Å²) in [5, 5.41) is 6.76. The first-order chi connectivity index (χ1) is 46.2. The second-order valence-electron chi connectivity index (χ2n) is 33.2. The second-order valence-corrected chi connectivity index (χ2v) is 33.2. The molecule has 0 saturated carbocycles. The number of hydrogen-bond donors (Lipinski definition) is 4. The molecule has 4 aliphatic heterocycles. The molecular formula is C82H78N16. The molecule has 17 rings (SSSR count). The van der Waals surface area contributed by atoms with Gasteiger partial charge in [0.2, 0.25) is 0 Å². The van der Waals surface area contributed by atoms with Gasteiger partial charge >= 0.3 is 0 Å². The van der Waals surface area contributed by atoms with E-state index in [0.29, 0.717) is 91.8 Å². The molecule has 0 spiro atoms. The van der Waals surface area contributed by atoms with Gasteiger partial charge in [0.05, 0.1) is 0 Å². The van der Waals surface area contributed by atoms with Crippen molar-refractivity contribution in [2.75, 3.05) is 0 Å². The van der Waals surface area contributed by atoms with Gasteiger partial charge in [0, 0.05) is 87.6 Å². The van der Waals surface area contributed by atoms with E-state index in [0.717, 1.165) is 110 Å². The van der Waals surface area contributed by atoms with Crippen LogP contribution in [0.25, 0.3) is 179 Å². The Morgan fingerprint density at radius 3 is 0.561 bits per heavy atom. The van der Waals surface area contributed by atoms with Gasteiger partial charge in [0.25, 0.3) is 0 Å². The van der Waals surface area contributed by atoms with E-state index in [9.17, 15) is 0 Å². The molecule has 16 bridgehead atoms. The molecule has 10 heterocycles. The third-order valence-electron chi connectivity index (χ3n) is 20.0. The van der Waals surface area contributed by atoms with Crippen LogP contribution in [0.2, 0.25) is 0 Å². The number of rotatable bonds is 0. The van der Waals surface area contributed by atoms with Gasteiger partial charge in [-0.3, -0.25) is 0 Å². The Kier molecular flexibility index (Phi) is 12.7. The predicted molar refractivity (Wildman–Crippen MR) is 398 cm³/mol. The van der Waals surface area contributed by atoms with Crippen molar-refractivity contribution in [1.29, 1.82) is 0 Å². The lowest BCUT2D eigenvalue weighted by Gasteiger charge is -2.19. The van der Waals surface area contributed by atoms with Crippen LogP contribution in [-0.2, 0) is 32.5 Å². The van der Waals surface area contributed by atoms with Crippen LogP contribution in [0.15, 0.2) is 121 Å². The van der Waals surface area contributed by atoms with Crippen molar-refractivity contribution in [3.63, 3.8) is 0 Å². The summed E-state index contributed by atoms with van der Waals surface area (Å²) in [7, 11) is 0. The van der Waals surface area contributed by atoms with E-state index in [-0.39, 0.29) is 32.5 Å². The fourth-order valence-electron chi connectivity index (χ4n) is 13.9. The van der Waals surface area contributed by atoms with Gasteiger partial charge in [-0.15, -0.1) is 0 Å². The number of fused-ring (bicyclic) bond motifs is 40. The molecule has 0 unspecified atom stereocenters. The number of nitrogens with zero attached hydrogens (tertiary/aromatic N) is 12. The lowest BCUT2D eigenvalue weighted by molar-refractivity contribution is 0.590. The minimum atomic E-state index is -0.187. The van der Waals surface area contributed by atoms with E-state index in [1.807, 2.05) is 0 Å². The highest BCUT2D eigenvalue weighted by molar-refractivity contribution is 6.18. The molecule has 6 aromatic heterocycles. The van der Waals surface area contributed by atoms with Gasteiger partial charge < -0.3 is 19.9 Å². The minimum Gasteiger partial charge on any atom is -0.324 e. The van der Waals surface area contributed by atoms with Crippen molar-refractivity contribution in [3.8, 4) is 91.1 Å².